The van der Waals surface area contributed by atoms with E-state index in [0.29, 0.717) is 11.3 Å². The fourth-order valence-corrected chi connectivity index (χ4v) is 2.64. The summed E-state index contributed by atoms with van der Waals surface area (Å²) in [6.45, 7) is 7.56. The molecule has 1 aliphatic heterocycles. The Bertz CT molecular complexity index is 372. The lowest BCUT2D eigenvalue weighted by Crippen LogP contribution is -2.47. The monoisotopic (exact) mass is 252 g/mol. The Morgan fingerprint density at radius 3 is 2.59 bits per heavy atom. The number of piperidine rings is 1. The molecule has 1 aromatic rings. The van der Waals surface area contributed by atoms with Gasteiger partial charge in [-0.1, -0.05) is 25.4 Å². The molecule has 2 N–H and O–H groups in total. The summed E-state index contributed by atoms with van der Waals surface area (Å²) in [4.78, 5) is 2.42. The predicted octanol–water partition coefficient (Wildman–Crippen LogP) is 3.15. The molecular formula is C14H21ClN2. The van der Waals surface area contributed by atoms with Crippen molar-refractivity contribution in [1.29, 1.82) is 0 Å². The molecule has 1 fully saturated rings. The van der Waals surface area contributed by atoms with E-state index in [2.05, 4.69) is 30.9 Å². The lowest BCUT2D eigenvalue weighted by atomic mass is 9.73. The van der Waals surface area contributed by atoms with Gasteiger partial charge in [-0.3, -0.25) is 0 Å². The molecule has 2 rings (SSSR count). The second kappa shape index (κ2) is 4.87. The molecule has 2 nitrogen and oxygen atoms in total. The van der Waals surface area contributed by atoms with Gasteiger partial charge in [0.2, 0.25) is 0 Å². The third-order valence-corrected chi connectivity index (χ3v) is 4.30. The zero-order valence-corrected chi connectivity index (χ0v) is 11.4. The third-order valence-electron chi connectivity index (χ3n) is 4.05. The molecule has 0 aromatic heterocycles. The molecule has 0 aliphatic carbocycles. The third kappa shape index (κ3) is 2.75. The maximum atomic E-state index is 5.91. The van der Waals surface area contributed by atoms with Gasteiger partial charge in [0.15, 0.2) is 0 Å². The smallest absolute Gasteiger partial charge is 0.0407 e. The minimum atomic E-state index is 0.359. The molecule has 1 atom stereocenters. The Kier molecular flexibility index (Phi) is 3.64. The van der Waals surface area contributed by atoms with Crippen LogP contribution in [0.5, 0.6) is 0 Å². The van der Waals surface area contributed by atoms with Crippen LogP contribution in [0.25, 0.3) is 0 Å². The van der Waals surface area contributed by atoms with E-state index in [1.807, 2.05) is 12.1 Å². The molecule has 1 aliphatic rings. The first-order chi connectivity index (χ1) is 8.03. The Labute approximate surface area is 109 Å². The largest absolute Gasteiger partial charge is 0.371 e. The molecule has 0 radical (unpaired) electrons. The average molecular weight is 253 g/mol. The van der Waals surface area contributed by atoms with Crippen molar-refractivity contribution in [3.63, 3.8) is 0 Å². The first kappa shape index (κ1) is 12.7. The molecule has 1 aromatic carbocycles. The van der Waals surface area contributed by atoms with E-state index in [1.165, 1.54) is 12.1 Å². The second-order valence-corrected chi connectivity index (χ2v) is 6.03. The van der Waals surface area contributed by atoms with Crippen LogP contribution in [-0.2, 0) is 0 Å². The van der Waals surface area contributed by atoms with Crippen LogP contribution < -0.4 is 10.6 Å². The van der Waals surface area contributed by atoms with Crippen LogP contribution >= 0.6 is 11.6 Å². The van der Waals surface area contributed by atoms with E-state index in [9.17, 15) is 0 Å². The van der Waals surface area contributed by atoms with Crippen LogP contribution in [0.2, 0.25) is 5.02 Å². The van der Waals surface area contributed by atoms with Gasteiger partial charge in [0.05, 0.1) is 0 Å². The average Bonchev–Trinajstić information content (AvgIpc) is 2.30. The number of benzene rings is 1. The first-order valence-corrected chi connectivity index (χ1v) is 6.61. The van der Waals surface area contributed by atoms with Gasteiger partial charge < -0.3 is 10.6 Å². The second-order valence-electron chi connectivity index (χ2n) is 5.59. The van der Waals surface area contributed by atoms with Crippen LogP contribution in [0.3, 0.4) is 0 Å². The van der Waals surface area contributed by atoms with Crippen molar-refractivity contribution in [3.8, 4) is 0 Å². The molecule has 3 heteroatoms. The molecule has 0 bridgehead atoms. The van der Waals surface area contributed by atoms with E-state index in [-0.39, 0.29) is 0 Å². The minimum Gasteiger partial charge on any atom is -0.371 e. The molecule has 94 valence electrons. The van der Waals surface area contributed by atoms with E-state index >= 15 is 0 Å². The van der Waals surface area contributed by atoms with E-state index in [0.717, 1.165) is 24.7 Å². The first-order valence-electron chi connectivity index (χ1n) is 6.23. The van der Waals surface area contributed by atoms with Crippen molar-refractivity contribution in [3.05, 3.63) is 29.3 Å². The fourth-order valence-electron chi connectivity index (χ4n) is 2.51. The summed E-state index contributed by atoms with van der Waals surface area (Å²) in [7, 11) is 0. The van der Waals surface area contributed by atoms with Crippen LogP contribution in [0.15, 0.2) is 24.3 Å². The van der Waals surface area contributed by atoms with Crippen LogP contribution in [-0.4, -0.2) is 19.6 Å². The van der Waals surface area contributed by atoms with Gasteiger partial charge in [0.25, 0.3) is 0 Å². The highest BCUT2D eigenvalue weighted by Gasteiger charge is 2.34. The van der Waals surface area contributed by atoms with Crippen molar-refractivity contribution < 1.29 is 0 Å². The standard InChI is InChI=1S/C14H21ClN2/c1-14(2)7-8-17(10-11(14)9-16)13-5-3-12(15)4-6-13/h3-6,11H,7-10,16H2,1-2H3. The van der Waals surface area contributed by atoms with Gasteiger partial charge in [0.1, 0.15) is 0 Å². The van der Waals surface area contributed by atoms with Crippen molar-refractivity contribution in [2.45, 2.75) is 20.3 Å². The highest BCUT2D eigenvalue weighted by Crippen LogP contribution is 2.36. The van der Waals surface area contributed by atoms with Gasteiger partial charge in [-0.05, 0) is 48.6 Å². The number of rotatable bonds is 2. The van der Waals surface area contributed by atoms with Crippen LogP contribution in [0, 0.1) is 11.3 Å². The maximum absolute atomic E-state index is 5.91. The summed E-state index contributed by atoms with van der Waals surface area (Å²) in [6.07, 6.45) is 1.19. The summed E-state index contributed by atoms with van der Waals surface area (Å²) >= 11 is 5.91. The number of hydrogen-bond acceptors (Lipinski definition) is 2. The van der Waals surface area contributed by atoms with Crippen molar-refractivity contribution in [2.75, 3.05) is 24.5 Å². The Hall–Kier alpha value is -0.730. The lowest BCUT2D eigenvalue weighted by Gasteiger charge is -2.44. The Morgan fingerprint density at radius 2 is 2.00 bits per heavy atom. The number of anilines is 1. The molecule has 17 heavy (non-hydrogen) atoms. The molecule has 0 spiro atoms. The van der Waals surface area contributed by atoms with E-state index in [4.69, 9.17) is 17.3 Å². The van der Waals surface area contributed by atoms with Crippen molar-refractivity contribution >= 4 is 17.3 Å². The topological polar surface area (TPSA) is 29.3 Å². The van der Waals surface area contributed by atoms with E-state index in [1.54, 1.807) is 0 Å². The molecule has 0 amide bonds. The summed E-state index contributed by atoms with van der Waals surface area (Å²) in [6, 6.07) is 8.09. The number of nitrogens with zero attached hydrogens (tertiary/aromatic N) is 1. The zero-order valence-electron chi connectivity index (χ0n) is 10.6. The Morgan fingerprint density at radius 1 is 1.35 bits per heavy atom. The van der Waals surface area contributed by atoms with Gasteiger partial charge in [-0.2, -0.15) is 0 Å². The minimum absolute atomic E-state index is 0.359. The van der Waals surface area contributed by atoms with Gasteiger partial charge >= 0.3 is 0 Å². The summed E-state index contributed by atoms with van der Waals surface area (Å²) in [5, 5.41) is 0.793. The zero-order chi connectivity index (χ0) is 12.5. The predicted molar refractivity (Wildman–Crippen MR) is 74.6 cm³/mol. The fraction of sp³-hybridized carbons (Fsp3) is 0.571. The maximum Gasteiger partial charge on any atom is 0.0407 e. The number of hydrogen-bond donors (Lipinski definition) is 1. The van der Waals surface area contributed by atoms with Crippen molar-refractivity contribution in [1.82, 2.24) is 0 Å². The lowest BCUT2D eigenvalue weighted by molar-refractivity contribution is 0.177. The highest BCUT2D eigenvalue weighted by molar-refractivity contribution is 6.30. The summed E-state index contributed by atoms with van der Waals surface area (Å²) < 4.78 is 0. The van der Waals surface area contributed by atoms with Gasteiger partial charge in [0, 0.05) is 23.8 Å². The Balaban J connectivity index is 2.12. The normalized spacial score (nSPS) is 23.8. The molecular weight excluding hydrogens is 232 g/mol. The molecule has 1 saturated heterocycles. The molecule has 1 heterocycles. The van der Waals surface area contributed by atoms with Crippen LogP contribution in [0.1, 0.15) is 20.3 Å². The number of halogens is 1. The molecule has 0 saturated carbocycles. The van der Waals surface area contributed by atoms with Gasteiger partial charge in [-0.25, -0.2) is 0 Å². The highest BCUT2D eigenvalue weighted by atomic mass is 35.5. The molecule has 1 unspecified atom stereocenters. The van der Waals surface area contributed by atoms with E-state index < -0.39 is 0 Å². The summed E-state index contributed by atoms with van der Waals surface area (Å²) in [5.41, 5.74) is 7.51. The van der Waals surface area contributed by atoms with Gasteiger partial charge in [-0.15, -0.1) is 0 Å². The number of nitrogens with two attached hydrogens (primary N) is 1. The summed E-state index contributed by atoms with van der Waals surface area (Å²) in [5.74, 6) is 0.562. The quantitative estimate of drug-likeness (QED) is 0.876. The van der Waals surface area contributed by atoms with Crippen LogP contribution in [0.4, 0.5) is 5.69 Å². The van der Waals surface area contributed by atoms with Crippen molar-refractivity contribution in [2.24, 2.45) is 17.1 Å². The SMILES string of the molecule is CC1(C)CCN(c2ccc(Cl)cc2)CC1CN.